The van der Waals surface area contributed by atoms with Gasteiger partial charge in [-0.1, -0.05) is 29.8 Å². The Morgan fingerprint density at radius 1 is 1.21 bits per heavy atom. The Labute approximate surface area is 201 Å². The standard InChI is InChI=1S/C25H25ClN6O2/c1-15-3-2-4-22(29-15)16-5-6-19(21(26)12-16)20-11-17-13-28-25(30-18-7-10-34-14-18)31-23(17)32(9-8-27)24(20)33/h2-6,11-13,18H,7-10,14,27H2,1H3,(H,28,30,31)/t18-/m0/s1. The number of hydrogen-bond acceptors (Lipinski definition) is 7. The lowest BCUT2D eigenvalue weighted by Gasteiger charge is -2.15. The van der Waals surface area contributed by atoms with Crippen LogP contribution in [0.2, 0.25) is 5.02 Å². The Morgan fingerprint density at radius 3 is 2.82 bits per heavy atom. The van der Waals surface area contributed by atoms with Gasteiger partial charge in [0, 0.05) is 58.7 Å². The van der Waals surface area contributed by atoms with E-state index in [-0.39, 0.29) is 11.6 Å². The number of pyridine rings is 2. The van der Waals surface area contributed by atoms with Gasteiger partial charge in [0.05, 0.1) is 18.3 Å². The Bertz CT molecular complexity index is 1410. The van der Waals surface area contributed by atoms with E-state index in [1.807, 2.05) is 43.3 Å². The first-order valence-corrected chi connectivity index (χ1v) is 11.6. The second-order valence-corrected chi connectivity index (χ2v) is 8.75. The van der Waals surface area contributed by atoms with E-state index in [9.17, 15) is 4.79 Å². The van der Waals surface area contributed by atoms with Gasteiger partial charge in [-0.2, -0.15) is 4.98 Å². The zero-order valence-electron chi connectivity index (χ0n) is 18.8. The number of rotatable bonds is 6. The Morgan fingerprint density at radius 2 is 2.09 bits per heavy atom. The first kappa shape index (κ1) is 22.5. The van der Waals surface area contributed by atoms with Gasteiger partial charge in [-0.15, -0.1) is 0 Å². The van der Waals surface area contributed by atoms with Crippen LogP contribution in [0.1, 0.15) is 12.1 Å². The SMILES string of the molecule is Cc1cccc(-c2ccc(-c3cc4cnc(N[C@H]5CCOC5)nc4n(CCN)c3=O)c(Cl)c2)n1. The first-order valence-electron chi connectivity index (χ1n) is 11.2. The van der Waals surface area contributed by atoms with Crippen LogP contribution in [0.5, 0.6) is 0 Å². The molecule has 1 aliphatic heterocycles. The molecule has 0 amide bonds. The fourth-order valence-corrected chi connectivity index (χ4v) is 4.47. The molecule has 1 saturated heterocycles. The number of halogens is 1. The van der Waals surface area contributed by atoms with E-state index in [1.165, 1.54) is 0 Å². The Balaban J connectivity index is 1.58. The minimum Gasteiger partial charge on any atom is -0.379 e. The summed E-state index contributed by atoms with van der Waals surface area (Å²) in [6.45, 7) is 3.90. The maximum absolute atomic E-state index is 13.5. The smallest absolute Gasteiger partial charge is 0.260 e. The molecule has 1 fully saturated rings. The lowest BCUT2D eigenvalue weighted by Crippen LogP contribution is -2.27. The third-order valence-corrected chi connectivity index (χ3v) is 6.20. The molecule has 174 valence electrons. The van der Waals surface area contributed by atoms with E-state index < -0.39 is 0 Å². The molecule has 1 aliphatic rings. The number of ether oxygens (including phenoxy) is 1. The van der Waals surface area contributed by atoms with Crippen LogP contribution < -0.4 is 16.6 Å². The van der Waals surface area contributed by atoms with Gasteiger partial charge in [-0.3, -0.25) is 14.3 Å². The highest BCUT2D eigenvalue weighted by Crippen LogP contribution is 2.31. The molecule has 0 spiro atoms. The molecule has 5 rings (SSSR count). The van der Waals surface area contributed by atoms with Crippen LogP contribution in [0, 0.1) is 6.92 Å². The normalized spacial score (nSPS) is 15.7. The van der Waals surface area contributed by atoms with Crippen molar-refractivity contribution in [2.24, 2.45) is 5.73 Å². The third kappa shape index (κ3) is 4.40. The molecule has 0 radical (unpaired) electrons. The van der Waals surface area contributed by atoms with Crippen molar-refractivity contribution >= 4 is 28.6 Å². The van der Waals surface area contributed by atoms with Crippen molar-refractivity contribution in [3.63, 3.8) is 0 Å². The number of anilines is 1. The summed E-state index contributed by atoms with van der Waals surface area (Å²) in [5, 5.41) is 4.48. The topological polar surface area (TPSA) is 108 Å². The predicted octanol–water partition coefficient (Wildman–Crippen LogP) is 3.64. The van der Waals surface area contributed by atoms with Gasteiger partial charge >= 0.3 is 0 Å². The maximum Gasteiger partial charge on any atom is 0.260 e. The molecule has 0 saturated carbocycles. The summed E-state index contributed by atoms with van der Waals surface area (Å²) in [5.41, 5.74) is 9.92. The molecule has 4 aromatic rings. The van der Waals surface area contributed by atoms with Gasteiger partial charge in [-0.25, -0.2) is 4.98 Å². The van der Waals surface area contributed by atoms with Crippen LogP contribution in [0.15, 0.2) is 53.5 Å². The van der Waals surface area contributed by atoms with Crippen molar-refractivity contribution in [3.8, 4) is 22.4 Å². The lowest BCUT2D eigenvalue weighted by atomic mass is 10.0. The molecule has 8 nitrogen and oxygen atoms in total. The van der Waals surface area contributed by atoms with Gasteiger partial charge in [0.2, 0.25) is 5.95 Å². The quantitative estimate of drug-likeness (QED) is 0.437. The number of nitrogens with one attached hydrogen (secondary N) is 1. The minimum absolute atomic E-state index is 0.159. The van der Waals surface area contributed by atoms with Crippen LogP contribution in [0.3, 0.4) is 0 Å². The molecule has 9 heteroatoms. The van der Waals surface area contributed by atoms with Crippen molar-refractivity contribution in [3.05, 3.63) is 69.7 Å². The third-order valence-electron chi connectivity index (χ3n) is 5.89. The summed E-state index contributed by atoms with van der Waals surface area (Å²) in [5.74, 6) is 0.467. The maximum atomic E-state index is 13.5. The number of aromatic nitrogens is 4. The van der Waals surface area contributed by atoms with Crippen molar-refractivity contribution in [2.75, 3.05) is 25.1 Å². The molecule has 3 N–H and O–H groups in total. The van der Waals surface area contributed by atoms with Crippen LogP contribution in [0.25, 0.3) is 33.4 Å². The Kier molecular flexibility index (Phi) is 6.28. The molecule has 0 aliphatic carbocycles. The highest BCUT2D eigenvalue weighted by molar-refractivity contribution is 6.33. The monoisotopic (exact) mass is 476 g/mol. The summed E-state index contributed by atoms with van der Waals surface area (Å²) in [7, 11) is 0. The second-order valence-electron chi connectivity index (χ2n) is 8.34. The van der Waals surface area contributed by atoms with E-state index in [4.69, 9.17) is 22.1 Å². The van der Waals surface area contributed by atoms with E-state index in [1.54, 1.807) is 16.8 Å². The average molecular weight is 477 g/mol. The van der Waals surface area contributed by atoms with Crippen molar-refractivity contribution in [1.82, 2.24) is 19.5 Å². The highest BCUT2D eigenvalue weighted by Gasteiger charge is 2.19. The fourth-order valence-electron chi connectivity index (χ4n) is 4.19. The highest BCUT2D eigenvalue weighted by atomic mass is 35.5. The van der Waals surface area contributed by atoms with Gasteiger partial charge in [0.25, 0.3) is 5.56 Å². The molecule has 0 bridgehead atoms. The molecular weight excluding hydrogens is 452 g/mol. The first-order chi connectivity index (χ1) is 16.5. The van der Waals surface area contributed by atoms with E-state index in [0.717, 1.165) is 28.8 Å². The summed E-state index contributed by atoms with van der Waals surface area (Å²) < 4.78 is 7.00. The summed E-state index contributed by atoms with van der Waals surface area (Å²) in [6.07, 6.45) is 2.61. The van der Waals surface area contributed by atoms with Crippen LogP contribution in [-0.2, 0) is 11.3 Å². The van der Waals surface area contributed by atoms with Crippen LogP contribution in [-0.4, -0.2) is 45.3 Å². The number of hydrogen-bond donors (Lipinski definition) is 2. The number of aryl methyl sites for hydroxylation is 1. The van der Waals surface area contributed by atoms with Crippen LogP contribution >= 0.6 is 11.6 Å². The summed E-state index contributed by atoms with van der Waals surface area (Å²) in [4.78, 5) is 27.2. The van der Waals surface area contributed by atoms with Crippen molar-refractivity contribution < 1.29 is 4.74 Å². The number of nitrogens with two attached hydrogens (primary N) is 1. The van der Waals surface area contributed by atoms with Gasteiger partial charge in [-0.05, 0) is 37.6 Å². The number of fused-ring (bicyclic) bond motifs is 1. The summed E-state index contributed by atoms with van der Waals surface area (Å²) in [6, 6.07) is 13.4. The van der Waals surface area contributed by atoms with Gasteiger partial charge in [0.15, 0.2) is 0 Å². The largest absolute Gasteiger partial charge is 0.379 e. The van der Waals surface area contributed by atoms with Gasteiger partial charge < -0.3 is 15.8 Å². The van der Waals surface area contributed by atoms with E-state index >= 15 is 0 Å². The molecular formula is C25H25ClN6O2. The Hall–Kier alpha value is -3.33. The fraction of sp³-hybridized carbons (Fsp3) is 0.280. The zero-order chi connectivity index (χ0) is 23.7. The summed E-state index contributed by atoms with van der Waals surface area (Å²) >= 11 is 6.67. The second kappa shape index (κ2) is 9.50. The lowest BCUT2D eigenvalue weighted by molar-refractivity contribution is 0.195. The number of benzene rings is 1. The van der Waals surface area contributed by atoms with Crippen molar-refractivity contribution in [1.29, 1.82) is 0 Å². The van der Waals surface area contributed by atoms with Gasteiger partial charge in [0.1, 0.15) is 5.65 Å². The van der Waals surface area contributed by atoms with E-state index in [2.05, 4.69) is 20.3 Å². The molecule has 0 unspecified atom stereocenters. The predicted molar refractivity (Wildman–Crippen MR) is 134 cm³/mol. The van der Waals surface area contributed by atoms with Crippen molar-refractivity contribution in [2.45, 2.75) is 25.9 Å². The average Bonchev–Trinajstić information content (AvgIpc) is 3.34. The molecule has 1 atom stereocenters. The molecule has 4 heterocycles. The van der Waals surface area contributed by atoms with Crippen LogP contribution in [0.4, 0.5) is 5.95 Å². The van der Waals surface area contributed by atoms with E-state index in [0.29, 0.717) is 54.0 Å². The number of nitrogens with zero attached hydrogens (tertiary/aromatic N) is 4. The molecule has 34 heavy (non-hydrogen) atoms. The molecule has 3 aromatic heterocycles. The molecule has 1 aromatic carbocycles. The minimum atomic E-state index is -0.199. The zero-order valence-corrected chi connectivity index (χ0v) is 19.5.